The van der Waals surface area contributed by atoms with Crippen molar-refractivity contribution in [1.82, 2.24) is 10.6 Å². The molecule has 2 N–H and O–H groups in total. The first-order valence-corrected chi connectivity index (χ1v) is 7.97. The van der Waals surface area contributed by atoms with Crippen LogP contribution in [0.2, 0.25) is 0 Å². The van der Waals surface area contributed by atoms with E-state index in [1.54, 1.807) is 0 Å². The van der Waals surface area contributed by atoms with Gasteiger partial charge in [-0.25, -0.2) is 18.2 Å². The molecule has 1 atom stereocenters. The van der Waals surface area contributed by atoms with Crippen LogP contribution in [0.3, 0.4) is 0 Å². The van der Waals surface area contributed by atoms with Gasteiger partial charge in [-0.1, -0.05) is 30.3 Å². The molecule has 1 aliphatic rings. The van der Waals surface area contributed by atoms with Crippen LogP contribution in [-0.2, 0) is 17.1 Å². The summed E-state index contributed by atoms with van der Waals surface area (Å²) in [6.45, 7) is 0. The average Bonchev–Trinajstić information content (AvgIpc) is 3.31. The van der Waals surface area contributed by atoms with E-state index < -0.39 is 0 Å². The number of thiocarbonyl (C=S) groups is 1. The standard InChI is InChI=1S/C15H13N2S.C5H5.Fe/c18-15-16-13(11-6-2-1-3-7-11)10-14(17-15)12-8-4-5-9-12;1-2-4-5-3-1;/h1-10,14H,(H2,16,17,18);1-5H;/q2*-1;+2. The summed E-state index contributed by atoms with van der Waals surface area (Å²) in [4.78, 5) is 0. The molecule has 0 saturated heterocycles. The Morgan fingerprint density at radius 1 is 0.875 bits per heavy atom. The second-order valence-electron chi connectivity index (χ2n) is 5.20. The van der Waals surface area contributed by atoms with Crippen LogP contribution in [0, 0.1) is 0 Å². The minimum absolute atomic E-state index is 0. The zero-order chi connectivity index (χ0) is 15.9. The van der Waals surface area contributed by atoms with Gasteiger partial charge in [-0.15, -0.1) is 0 Å². The van der Waals surface area contributed by atoms with Gasteiger partial charge >= 0.3 is 17.1 Å². The summed E-state index contributed by atoms with van der Waals surface area (Å²) in [5.41, 5.74) is 3.44. The summed E-state index contributed by atoms with van der Waals surface area (Å²) < 4.78 is 0. The normalized spacial score (nSPS) is 15.8. The van der Waals surface area contributed by atoms with Gasteiger partial charge in [-0.05, 0) is 23.9 Å². The van der Waals surface area contributed by atoms with Crippen LogP contribution in [0.15, 0.2) is 91.0 Å². The Kier molecular flexibility index (Phi) is 7.01. The fourth-order valence-corrected chi connectivity index (χ4v) is 2.67. The van der Waals surface area contributed by atoms with Crippen LogP contribution in [0.1, 0.15) is 17.2 Å². The second-order valence-corrected chi connectivity index (χ2v) is 5.61. The third kappa shape index (κ3) is 4.93. The molecule has 0 bridgehead atoms. The van der Waals surface area contributed by atoms with E-state index in [0.29, 0.717) is 5.11 Å². The van der Waals surface area contributed by atoms with Crippen LogP contribution in [-0.4, -0.2) is 5.11 Å². The van der Waals surface area contributed by atoms with Crippen LogP contribution in [0.4, 0.5) is 0 Å². The van der Waals surface area contributed by atoms with Crippen LogP contribution >= 0.6 is 12.2 Å². The van der Waals surface area contributed by atoms with Crippen molar-refractivity contribution >= 4 is 23.0 Å². The van der Waals surface area contributed by atoms with Gasteiger partial charge in [0.05, 0.1) is 0 Å². The first-order chi connectivity index (χ1) is 11.3. The van der Waals surface area contributed by atoms with E-state index in [9.17, 15) is 0 Å². The van der Waals surface area contributed by atoms with Crippen molar-refractivity contribution in [3.05, 3.63) is 102 Å². The van der Waals surface area contributed by atoms with Crippen LogP contribution in [0.25, 0.3) is 5.70 Å². The number of hydrogen-bond acceptors (Lipinski definition) is 1. The molecule has 0 aliphatic carbocycles. The van der Waals surface area contributed by atoms with Crippen LogP contribution in [0.5, 0.6) is 0 Å². The average molecular weight is 374 g/mol. The minimum atomic E-state index is 0. The van der Waals surface area contributed by atoms with E-state index in [1.165, 1.54) is 5.56 Å². The molecule has 0 aromatic heterocycles. The summed E-state index contributed by atoms with van der Waals surface area (Å²) in [6.07, 6.45) is 2.17. The van der Waals surface area contributed by atoms with Gasteiger partial charge in [0.2, 0.25) is 0 Å². The molecule has 3 aromatic carbocycles. The van der Waals surface area contributed by atoms with Gasteiger partial charge in [0.15, 0.2) is 5.11 Å². The third-order valence-electron chi connectivity index (χ3n) is 3.56. The molecule has 0 fully saturated rings. The smallest absolute Gasteiger partial charge is 0.364 e. The molecule has 4 heteroatoms. The molecule has 0 radical (unpaired) electrons. The van der Waals surface area contributed by atoms with Crippen LogP contribution < -0.4 is 10.6 Å². The van der Waals surface area contributed by atoms with Crippen molar-refractivity contribution in [2.24, 2.45) is 0 Å². The van der Waals surface area contributed by atoms with Gasteiger partial charge in [0, 0.05) is 11.7 Å². The Morgan fingerprint density at radius 2 is 1.62 bits per heavy atom. The zero-order valence-electron chi connectivity index (χ0n) is 13.0. The van der Waals surface area contributed by atoms with Gasteiger partial charge < -0.3 is 10.6 Å². The summed E-state index contributed by atoms with van der Waals surface area (Å²) in [5, 5.41) is 7.14. The molecule has 24 heavy (non-hydrogen) atoms. The van der Waals surface area contributed by atoms with Gasteiger partial charge in [-0.2, -0.15) is 42.0 Å². The molecule has 122 valence electrons. The quantitative estimate of drug-likeness (QED) is 0.396. The van der Waals surface area contributed by atoms with E-state index in [-0.39, 0.29) is 23.1 Å². The molecule has 0 spiro atoms. The van der Waals surface area contributed by atoms with Crippen molar-refractivity contribution in [2.75, 3.05) is 0 Å². The predicted octanol–water partition coefficient (Wildman–Crippen LogP) is 4.37. The second kappa shape index (κ2) is 9.23. The van der Waals surface area contributed by atoms with Crippen molar-refractivity contribution in [3.63, 3.8) is 0 Å². The molecule has 3 aromatic rings. The molecule has 1 heterocycles. The maximum Gasteiger partial charge on any atom is 2.00 e. The molecule has 2 nitrogen and oxygen atoms in total. The molecular formula is C20H18FeN2S. The summed E-state index contributed by atoms with van der Waals surface area (Å²) >= 11 is 5.27. The van der Waals surface area contributed by atoms with Gasteiger partial charge in [0.1, 0.15) is 0 Å². The topological polar surface area (TPSA) is 24.1 Å². The van der Waals surface area contributed by atoms with Crippen molar-refractivity contribution in [3.8, 4) is 0 Å². The summed E-state index contributed by atoms with van der Waals surface area (Å²) in [6, 6.07) is 28.7. The number of benzene rings is 1. The molecule has 0 saturated carbocycles. The Balaban J connectivity index is 0.000000300. The van der Waals surface area contributed by atoms with E-state index in [4.69, 9.17) is 12.2 Å². The first kappa shape index (κ1) is 18.2. The van der Waals surface area contributed by atoms with E-state index in [2.05, 4.69) is 41.0 Å². The fraction of sp³-hybridized carbons (Fsp3) is 0.0500. The third-order valence-corrected chi connectivity index (χ3v) is 3.78. The van der Waals surface area contributed by atoms with Gasteiger partial charge in [0.25, 0.3) is 0 Å². The van der Waals surface area contributed by atoms with Crippen molar-refractivity contribution in [1.29, 1.82) is 0 Å². The maximum atomic E-state index is 5.27. The SMILES string of the molecule is S=C1NC(c2ccccc2)=CC(c2cc[cH-]c2)N1.[Fe+2].c1cc[cH-]c1. The molecule has 0 amide bonds. The molecule has 1 unspecified atom stereocenters. The maximum absolute atomic E-state index is 5.27. The van der Waals surface area contributed by atoms with Crippen molar-refractivity contribution in [2.45, 2.75) is 6.04 Å². The largest absolute Gasteiger partial charge is 2.00 e. The van der Waals surface area contributed by atoms with E-state index in [1.807, 2.05) is 60.7 Å². The van der Waals surface area contributed by atoms with E-state index >= 15 is 0 Å². The Hall–Kier alpha value is -2.13. The van der Waals surface area contributed by atoms with E-state index in [0.717, 1.165) is 11.3 Å². The minimum Gasteiger partial charge on any atom is -0.364 e. The molecule has 1 aliphatic heterocycles. The predicted molar refractivity (Wildman–Crippen MR) is 100 cm³/mol. The number of rotatable bonds is 2. The number of hydrogen-bond donors (Lipinski definition) is 2. The summed E-state index contributed by atoms with van der Waals surface area (Å²) in [7, 11) is 0. The Morgan fingerprint density at radius 3 is 2.21 bits per heavy atom. The summed E-state index contributed by atoms with van der Waals surface area (Å²) in [5.74, 6) is 0. The first-order valence-electron chi connectivity index (χ1n) is 7.56. The molecular weight excluding hydrogens is 356 g/mol. The van der Waals surface area contributed by atoms with Gasteiger partial charge in [-0.3, -0.25) is 0 Å². The van der Waals surface area contributed by atoms with Crippen molar-refractivity contribution < 1.29 is 17.1 Å². The molecule has 4 rings (SSSR count). The number of nitrogens with one attached hydrogen (secondary N) is 2. The monoisotopic (exact) mass is 374 g/mol. The zero-order valence-corrected chi connectivity index (χ0v) is 14.9. The fourth-order valence-electron chi connectivity index (χ4n) is 2.43. The Labute approximate surface area is 158 Å². The Bertz CT molecular complexity index is 729.